The van der Waals surface area contributed by atoms with Gasteiger partial charge in [0.05, 0.1) is 18.1 Å². The van der Waals surface area contributed by atoms with Gasteiger partial charge < -0.3 is 5.11 Å². The Morgan fingerprint density at radius 1 is 1.11 bits per heavy atom. The number of carboxylic acid groups (broad SMARTS) is 1. The first-order chi connectivity index (χ1) is 17.7. The maximum atomic E-state index is 13.8. The summed E-state index contributed by atoms with van der Waals surface area (Å²) < 4.78 is 41.3. The third-order valence-electron chi connectivity index (χ3n) is 7.45. The van der Waals surface area contributed by atoms with Crippen LogP contribution in [0.3, 0.4) is 0 Å². The van der Waals surface area contributed by atoms with Crippen LogP contribution in [0.15, 0.2) is 42.6 Å². The van der Waals surface area contributed by atoms with Gasteiger partial charge in [-0.1, -0.05) is 56.5 Å². The topological polar surface area (TPSA) is 61.8 Å². The molecule has 0 amide bonds. The maximum Gasteiger partial charge on any atom is 0.416 e. The third-order valence-corrected chi connectivity index (χ3v) is 7.45. The number of aliphatic carboxylic acids is 1. The fourth-order valence-electron chi connectivity index (χ4n) is 5.34. The molecule has 0 atom stereocenters. The molecule has 0 unspecified atom stereocenters. The largest absolute Gasteiger partial charge is 0.481 e. The molecule has 1 aliphatic carbocycles. The number of hydrogen-bond acceptors (Lipinski definition) is 4. The van der Waals surface area contributed by atoms with Crippen molar-refractivity contribution < 1.29 is 27.9 Å². The lowest BCUT2D eigenvalue weighted by atomic mass is 9.81. The van der Waals surface area contributed by atoms with Crippen LogP contribution in [0, 0.1) is 5.92 Å². The summed E-state index contributed by atoms with van der Waals surface area (Å²) in [4.78, 5) is 18.6. The Morgan fingerprint density at radius 2 is 1.86 bits per heavy atom. The van der Waals surface area contributed by atoms with Crippen molar-refractivity contribution >= 4 is 12.0 Å². The van der Waals surface area contributed by atoms with Crippen molar-refractivity contribution in [1.29, 1.82) is 0 Å². The monoisotopic (exact) mass is 516 g/mol. The summed E-state index contributed by atoms with van der Waals surface area (Å²) in [6.45, 7) is 3.99. The SMILES string of the molecule is CCc1cc(C=CNOCc2ccc(C3CCCCC3)c(C(F)(F)F)c2)ccc1CN1CC(C(=O)O)C1. The zero-order chi connectivity index (χ0) is 26.4. The Kier molecular flexibility index (Phi) is 8.92. The fraction of sp³-hybridized carbons (Fsp3) is 0.483. The highest BCUT2D eigenvalue weighted by molar-refractivity contribution is 5.71. The lowest BCUT2D eigenvalue weighted by molar-refractivity contribution is -0.147. The van der Waals surface area contributed by atoms with Crippen molar-refractivity contribution in [2.45, 2.75) is 70.7 Å². The average molecular weight is 517 g/mol. The Bertz CT molecular complexity index is 1100. The Labute approximate surface area is 216 Å². The van der Waals surface area contributed by atoms with Crippen LogP contribution >= 0.6 is 0 Å². The highest BCUT2D eigenvalue weighted by Gasteiger charge is 2.36. The summed E-state index contributed by atoms with van der Waals surface area (Å²) in [6, 6.07) is 10.7. The van der Waals surface area contributed by atoms with Crippen LogP contribution in [0.2, 0.25) is 0 Å². The lowest BCUT2D eigenvalue weighted by Crippen LogP contribution is -2.49. The second-order valence-electron chi connectivity index (χ2n) is 10.1. The van der Waals surface area contributed by atoms with E-state index in [1.165, 1.54) is 17.2 Å². The van der Waals surface area contributed by atoms with Crippen LogP contribution in [0.4, 0.5) is 13.2 Å². The predicted molar refractivity (Wildman–Crippen MR) is 136 cm³/mol. The first-order valence-electron chi connectivity index (χ1n) is 13.1. The number of hydrogen-bond donors (Lipinski definition) is 2. The highest BCUT2D eigenvalue weighted by atomic mass is 19.4. The molecule has 2 aromatic rings. The number of carboxylic acids is 1. The van der Waals surface area contributed by atoms with Crippen LogP contribution in [0.1, 0.15) is 78.3 Å². The van der Waals surface area contributed by atoms with Gasteiger partial charge in [-0.15, -0.1) is 0 Å². The van der Waals surface area contributed by atoms with E-state index < -0.39 is 17.7 Å². The van der Waals surface area contributed by atoms with E-state index in [0.717, 1.165) is 50.6 Å². The number of aryl methyl sites for hydroxylation is 1. The summed E-state index contributed by atoms with van der Waals surface area (Å²) in [6.07, 6.45) is 4.64. The van der Waals surface area contributed by atoms with E-state index in [1.807, 2.05) is 12.1 Å². The molecule has 5 nitrogen and oxygen atoms in total. The molecule has 37 heavy (non-hydrogen) atoms. The molecule has 1 saturated heterocycles. The van der Waals surface area contributed by atoms with Gasteiger partial charge in [0.2, 0.25) is 0 Å². The minimum absolute atomic E-state index is 0.0185. The molecule has 0 aromatic heterocycles. The molecule has 2 aromatic carbocycles. The molecule has 2 N–H and O–H groups in total. The second-order valence-corrected chi connectivity index (χ2v) is 10.1. The van der Waals surface area contributed by atoms with Crippen LogP contribution in [-0.2, 0) is 35.4 Å². The predicted octanol–water partition coefficient (Wildman–Crippen LogP) is 6.52. The first kappa shape index (κ1) is 27.2. The van der Waals surface area contributed by atoms with Gasteiger partial charge in [-0.05, 0) is 65.1 Å². The number of nitrogens with zero attached hydrogens (tertiary/aromatic N) is 1. The molecule has 200 valence electrons. The van der Waals surface area contributed by atoms with Gasteiger partial charge in [0.25, 0.3) is 0 Å². The van der Waals surface area contributed by atoms with E-state index in [-0.39, 0.29) is 18.4 Å². The van der Waals surface area contributed by atoms with Crippen LogP contribution < -0.4 is 5.48 Å². The van der Waals surface area contributed by atoms with E-state index in [1.54, 1.807) is 18.3 Å². The summed E-state index contributed by atoms with van der Waals surface area (Å²) in [5.74, 6) is -1.03. The van der Waals surface area contributed by atoms with Gasteiger partial charge >= 0.3 is 12.1 Å². The fourth-order valence-corrected chi connectivity index (χ4v) is 5.34. The normalized spacial score (nSPS) is 17.7. The summed E-state index contributed by atoms with van der Waals surface area (Å²) >= 11 is 0. The number of hydroxylamine groups is 1. The number of carbonyl (C=O) groups is 1. The molecule has 0 radical (unpaired) electrons. The molecule has 1 aliphatic heterocycles. The summed E-state index contributed by atoms with van der Waals surface area (Å²) in [5.41, 5.74) is 6.41. The van der Waals surface area contributed by atoms with Crippen molar-refractivity contribution in [3.63, 3.8) is 0 Å². The molecule has 2 fully saturated rings. The molecular formula is C29H35F3N2O3. The third kappa shape index (κ3) is 7.14. The number of rotatable bonds is 10. The number of nitrogens with one attached hydrogen (secondary N) is 1. The minimum atomic E-state index is -4.38. The lowest BCUT2D eigenvalue weighted by Gasteiger charge is -2.37. The van der Waals surface area contributed by atoms with Gasteiger partial charge in [0.1, 0.15) is 0 Å². The first-order valence-corrected chi connectivity index (χ1v) is 13.1. The minimum Gasteiger partial charge on any atom is -0.481 e. The number of likely N-dealkylation sites (tertiary alicyclic amines) is 1. The van der Waals surface area contributed by atoms with Crippen molar-refractivity contribution in [2.75, 3.05) is 13.1 Å². The Hall–Kier alpha value is -2.84. The van der Waals surface area contributed by atoms with Crippen LogP contribution in [0.5, 0.6) is 0 Å². The number of halogens is 3. The van der Waals surface area contributed by atoms with E-state index in [2.05, 4.69) is 29.4 Å². The van der Waals surface area contributed by atoms with Gasteiger partial charge in [-0.3, -0.25) is 20.0 Å². The van der Waals surface area contributed by atoms with E-state index in [0.29, 0.717) is 24.2 Å². The number of benzene rings is 2. The van der Waals surface area contributed by atoms with E-state index in [4.69, 9.17) is 9.94 Å². The average Bonchev–Trinajstić information content (AvgIpc) is 2.85. The van der Waals surface area contributed by atoms with Crippen molar-refractivity contribution in [3.05, 3.63) is 76.0 Å². The highest BCUT2D eigenvalue weighted by Crippen LogP contribution is 2.41. The van der Waals surface area contributed by atoms with E-state index in [9.17, 15) is 18.0 Å². The molecule has 1 saturated carbocycles. The molecule has 4 rings (SSSR count). The zero-order valence-corrected chi connectivity index (χ0v) is 21.2. The van der Waals surface area contributed by atoms with Crippen LogP contribution in [-0.4, -0.2) is 29.1 Å². The van der Waals surface area contributed by atoms with E-state index >= 15 is 0 Å². The Balaban J connectivity index is 1.30. The quantitative estimate of drug-likeness (QED) is 0.278. The molecular weight excluding hydrogens is 481 g/mol. The standard InChI is InChI=1S/C29H35F3N2O3/c1-2-22-14-20(8-10-24(22)16-34-17-25(18-34)28(35)36)12-13-33-37-19-21-9-11-26(23-6-4-3-5-7-23)27(15-21)29(30,31)32/h8-15,23,25,33H,2-7,16-19H2,1H3,(H,35,36). The maximum absolute atomic E-state index is 13.8. The van der Waals surface area contributed by atoms with Crippen molar-refractivity contribution in [3.8, 4) is 0 Å². The zero-order valence-electron chi connectivity index (χ0n) is 21.2. The smallest absolute Gasteiger partial charge is 0.416 e. The second kappa shape index (κ2) is 12.1. The van der Waals surface area contributed by atoms with Gasteiger partial charge in [-0.2, -0.15) is 13.2 Å². The molecule has 0 spiro atoms. The van der Waals surface area contributed by atoms with Gasteiger partial charge in [0.15, 0.2) is 0 Å². The Morgan fingerprint density at radius 3 is 2.54 bits per heavy atom. The summed E-state index contributed by atoms with van der Waals surface area (Å²) in [5, 5.41) is 9.05. The molecule has 0 bridgehead atoms. The van der Waals surface area contributed by atoms with Crippen LogP contribution in [0.25, 0.3) is 6.08 Å². The molecule has 2 aliphatic rings. The summed E-state index contributed by atoms with van der Waals surface area (Å²) in [7, 11) is 0. The van der Waals surface area contributed by atoms with Gasteiger partial charge in [0, 0.05) is 25.8 Å². The number of alkyl halides is 3. The van der Waals surface area contributed by atoms with Crippen molar-refractivity contribution in [2.24, 2.45) is 5.92 Å². The van der Waals surface area contributed by atoms with Gasteiger partial charge in [-0.25, -0.2) is 0 Å². The van der Waals surface area contributed by atoms with Crippen molar-refractivity contribution in [1.82, 2.24) is 10.4 Å². The molecule has 8 heteroatoms. The molecule has 1 heterocycles.